The fraction of sp³-hybridized carbons (Fsp3) is 0.111. The van der Waals surface area contributed by atoms with Crippen LogP contribution in [0.3, 0.4) is 0 Å². The van der Waals surface area contributed by atoms with Crippen molar-refractivity contribution >= 4 is 17.3 Å². The van der Waals surface area contributed by atoms with Crippen molar-refractivity contribution in [1.82, 2.24) is 4.98 Å². The Hall–Kier alpha value is -1.53. The zero-order valence-corrected chi connectivity index (χ0v) is 7.67. The molecule has 0 aromatic carbocycles. The highest BCUT2D eigenvalue weighted by atomic mass is 35.5. The molecule has 0 saturated heterocycles. The van der Waals surface area contributed by atoms with E-state index in [-0.39, 0.29) is 0 Å². The predicted octanol–water partition coefficient (Wildman–Crippen LogP) is 2.12. The SMILES string of the molecule is C=C(Cl)CNc1ccnc(C#N)c1. The lowest BCUT2D eigenvalue weighted by Gasteiger charge is -2.03. The summed E-state index contributed by atoms with van der Waals surface area (Å²) in [7, 11) is 0. The van der Waals surface area contributed by atoms with Crippen molar-refractivity contribution in [2.75, 3.05) is 11.9 Å². The van der Waals surface area contributed by atoms with Crippen LogP contribution in [0.4, 0.5) is 5.69 Å². The second kappa shape index (κ2) is 4.48. The van der Waals surface area contributed by atoms with Crippen LogP contribution >= 0.6 is 11.6 Å². The smallest absolute Gasteiger partial charge is 0.142 e. The molecule has 0 bridgehead atoms. The molecule has 1 heterocycles. The molecule has 3 nitrogen and oxygen atoms in total. The average molecular weight is 194 g/mol. The fourth-order valence-corrected chi connectivity index (χ4v) is 0.866. The number of hydrogen-bond donors (Lipinski definition) is 1. The second-order valence-corrected chi connectivity index (χ2v) is 2.95. The molecule has 0 aliphatic carbocycles. The van der Waals surface area contributed by atoms with Gasteiger partial charge in [0.15, 0.2) is 0 Å². The minimum Gasteiger partial charge on any atom is -0.380 e. The fourth-order valence-electron chi connectivity index (χ4n) is 0.800. The third kappa shape index (κ3) is 3.14. The van der Waals surface area contributed by atoms with Gasteiger partial charge in [-0.2, -0.15) is 5.26 Å². The Morgan fingerprint density at radius 2 is 2.54 bits per heavy atom. The molecule has 0 aliphatic heterocycles. The van der Waals surface area contributed by atoms with Gasteiger partial charge in [-0.3, -0.25) is 0 Å². The zero-order chi connectivity index (χ0) is 9.68. The Balaban J connectivity index is 2.68. The molecule has 0 fully saturated rings. The van der Waals surface area contributed by atoms with E-state index >= 15 is 0 Å². The first-order valence-electron chi connectivity index (χ1n) is 3.65. The standard InChI is InChI=1S/C9H8ClN3/c1-7(10)6-13-8-2-3-12-9(4-8)5-11/h2-4H,1,6H2,(H,12,13). The van der Waals surface area contributed by atoms with Gasteiger partial charge >= 0.3 is 0 Å². The van der Waals surface area contributed by atoms with Gasteiger partial charge in [0.2, 0.25) is 0 Å². The molecular formula is C9H8ClN3. The molecule has 1 rings (SSSR count). The zero-order valence-electron chi connectivity index (χ0n) is 6.92. The van der Waals surface area contributed by atoms with Crippen molar-refractivity contribution in [2.24, 2.45) is 0 Å². The third-order valence-electron chi connectivity index (χ3n) is 1.36. The Kier molecular flexibility index (Phi) is 3.30. The number of pyridine rings is 1. The minimum atomic E-state index is 0.380. The van der Waals surface area contributed by atoms with Gasteiger partial charge in [0.25, 0.3) is 0 Å². The van der Waals surface area contributed by atoms with Crippen LogP contribution in [0.15, 0.2) is 29.9 Å². The van der Waals surface area contributed by atoms with Crippen molar-refractivity contribution in [1.29, 1.82) is 5.26 Å². The largest absolute Gasteiger partial charge is 0.380 e. The number of nitrogens with zero attached hydrogens (tertiary/aromatic N) is 2. The van der Waals surface area contributed by atoms with Gasteiger partial charge in [0.1, 0.15) is 11.8 Å². The lowest BCUT2D eigenvalue weighted by molar-refractivity contribution is 1.23. The van der Waals surface area contributed by atoms with Gasteiger partial charge in [-0.05, 0) is 12.1 Å². The molecule has 4 heteroatoms. The molecule has 0 spiro atoms. The molecule has 0 aliphatic rings. The molecule has 0 amide bonds. The summed E-state index contributed by atoms with van der Waals surface area (Å²) in [5.41, 5.74) is 1.19. The monoisotopic (exact) mass is 193 g/mol. The molecule has 1 aromatic heterocycles. The summed E-state index contributed by atoms with van der Waals surface area (Å²) in [5, 5.41) is 12.1. The van der Waals surface area contributed by atoms with Crippen molar-refractivity contribution in [3.63, 3.8) is 0 Å². The highest BCUT2D eigenvalue weighted by molar-refractivity contribution is 6.29. The van der Waals surface area contributed by atoms with E-state index in [1.165, 1.54) is 0 Å². The van der Waals surface area contributed by atoms with E-state index < -0.39 is 0 Å². The first-order chi connectivity index (χ1) is 6.22. The van der Waals surface area contributed by atoms with Crippen LogP contribution < -0.4 is 5.32 Å². The molecule has 0 radical (unpaired) electrons. The highest BCUT2D eigenvalue weighted by Gasteiger charge is 1.95. The summed E-state index contributed by atoms with van der Waals surface area (Å²) < 4.78 is 0. The summed E-state index contributed by atoms with van der Waals surface area (Å²) in [6, 6.07) is 5.37. The van der Waals surface area contributed by atoms with E-state index in [1.807, 2.05) is 6.07 Å². The molecule has 0 unspecified atom stereocenters. The predicted molar refractivity (Wildman–Crippen MR) is 52.4 cm³/mol. The minimum absolute atomic E-state index is 0.380. The number of nitrogens with one attached hydrogen (secondary N) is 1. The van der Waals surface area contributed by atoms with Crippen molar-refractivity contribution in [3.05, 3.63) is 35.6 Å². The topological polar surface area (TPSA) is 48.7 Å². The summed E-state index contributed by atoms with van der Waals surface area (Å²) >= 11 is 5.56. The van der Waals surface area contributed by atoms with Crippen LogP contribution in [-0.4, -0.2) is 11.5 Å². The molecule has 0 atom stereocenters. The van der Waals surface area contributed by atoms with E-state index in [0.29, 0.717) is 17.3 Å². The lowest BCUT2D eigenvalue weighted by Crippen LogP contribution is -2.01. The van der Waals surface area contributed by atoms with Crippen LogP contribution in [-0.2, 0) is 0 Å². The van der Waals surface area contributed by atoms with Crippen LogP contribution in [0.1, 0.15) is 5.69 Å². The Bertz CT molecular complexity index is 354. The van der Waals surface area contributed by atoms with Crippen LogP contribution in [0, 0.1) is 11.3 Å². The van der Waals surface area contributed by atoms with Gasteiger partial charge in [0, 0.05) is 16.9 Å². The lowest BCUT2D eigenvalue weighted by atomic mass is 10.3. The van der Waals surface area contributed by atoms with Gasteiger partial charge < -0.3 is 5.32 Å². The number of nitriles is 1. The van der Waals surface area contributed by atoms with E-state index in [1.54, 1.807) is 18.3 Å². The van der Waals surface area contributed by atoms with Crippen molar-refractivity contribution in [3.8, 4) is 6.07 Å². The first-order valence-corrected chi connectivity index (χ1v) is 4.03. The van der Waals surface area contributed by atoms with E-state index in [4.69, 9.17) is 16.9 Å². The molecule has 0 saturated carbocycles. The summed E-state index contributed by atoms with van der Waals surface area (Å²) in [4.78, 5) is 3.83. The van der Waals surface area contributed by atoms with Gasteiger partial charge in [-0.25, -0.2) is 4.98 Å². The number of hydrogen-bond acceptors (Lipinski definition) is 3. The number of rotatable bonds is 3. The number of halogens is 1. The molecule has 66 valence electrons. The maximum Gasteiger partial charge on any atom is 0.142 e. The van der Waals surface area contributed by atoms with E-state index in [0.717, 1.165) is 5.69 Å². The maximum atomic E-state index is 8.56. The molecule has 1 N–H and O–H groups in total. The Labute approximate surface area is 81.7 Å². The van der Waals surface area contributed by atoms with E-state index in [9.17, 15) is 0 Å². The quantitative estimate of drug-likeness (QED) is 0.800. The summed E-state index contributed by atoms with van der Waals surface area (Å²) in [5.74, 6) is 0. The molecule has 1 aromatic rings. The van der Waals surface area contributed by atoms with Gasteiger partial charge in [-0.15, -0.1) is 0 Å². The average Bonchev–Trinajstić information content (AvgIpc) is 2.15. The normalized spacial score (nSPS) is 8.92. The second-order valence-electron chi connectivity index (χ2n) is 2.41. The van der Waals surface area contributed by atoms with Gasteiger partial charge in [-0.1, -0.05) is 18.2 Å². The molecular weight excluding hydrogens is 186 g/mol. The van der Waals surface area contributed by atoms with Crippen molar-refractivity contribution < 1.29 is 0 Å². The number of aromatic nitrogens is 1. The van der Waals surface area contributed by atoms with Crippen LogP contribution in [0.2, 0.25) is 0 Å². The summed E-state index contributed by atoms with van der Waals surface area (Å²) in [6.45, 7) is 4.02. The third-order valence-corrected chi connectivity index (χ3v) is 1.49. The Morgan fingerprint density at radius 1 is 1.77 bits per heavy atom. The molecule has 13 heavy (non-hydrogen) atoms. The first kappa shape index (κ1) is 9.56. The van der Waals surface area contributed by atoms with Gasteiger partial charge in [0.05, 0.1) is 6.54 Å². The van der Waals surface area contributed by atoms with E-state index in [2.05, 4.69) is 16.9 Å². The highest BCUT2D eigenvalue weighted by Crippen LogP contribution is 2.08. The van der Waals surface area contributed by atoms with Crippen LogP contribution in [0.5, 0.6) is 0 Å². The number of anilines is 1. The maximum absolute atomic E-state index is 8.56. The summed E-state index contributed by atoms with van der Waals surface area (Å²) in [6.07, 6.45) is 1.57. The Morgan fingerprint density at radius 3 is 3.15 bits per heavy atom. The van der Waals surface area contributed by atoms with Crippen molar-refractivity contribution in [2.45, 2.75) is 0 Å². The van der Waals surface area contributed by atoms with Crippen LogP contribution in [0.25, 0.3) is 0 Å².